The zero-order chi connectivity index (χ0) is 12.4. The predicted molar refractivity (Wildman–Crippen MR) is 72.8 cm³/mol. The third kappa shape index (κ3) is 3.09. The molecule has 0 saturated carbocycles. The first kappa shape index (κ1) is 13.3. The predicted octanol–water partition coefficient (Wildman–Crippen LogP) is 3.79. The van der Waals surface area contributed by atoms with E-state index in [9.17, 15) is 0 Å². The van der Waals surface area contributed by atoms with E-state index in [2.05, 4.69) is 33.9 Å². The third-order valence-electron chi connectivity index (χ3n) is 3.45. The van der Waals surface area contributed by atoms with E-state index in [1.54, 1.807) is 0 Å². The number of nitrogen functional groups attached to an aromatic ring is 1. The van der Waals surface area contributed by atoms with Crippen molar-refractivity contribution in [2.24, 2.45) is 0 Å². The number of hydrogen-bond donors (Lipinski definition) is 1. The first-order valence-electron chi connectivity index (χ1n) is 5.71. The Bertz CT molecular complexity index is 355. The molecule has 0 aliphatic rings. The molecule has 0 aliphatic carbocycles. The lowest BCUT2D eigenvalue weighted by molar-refractivity contribution is 0.277. The molecule has 3 heteroatoms. The van der Waals surface area contributed by atoms with Crippen molar-refractivity contribution in [1.29, 1.82) is 0 Å². The van der Waals surface area contributed by atoms with Crippen LogP contribution in [0.25, 0.3) is 0 Å². The molecule has 0 fully saturated rings. The maximum atomic E-state index is 6.12. The molecule has 2 N–H and O–H groups in total. The van der Waals surface area contributed by atoms with Crippen molar-refractivity contribution >= 4 is 14.0 Å². The minimum Gasteiger partial charge on any atom is -0.412 e. The van der Waals surface area contributed by atoms with Gasteiger partial charge in [-0.3, -0.25) is 0 Å². The number of nitrogens with two attached hydrogens (primary N) is 1. The molecule has 0 aliphatic heterocycles. The maximum Gasteiger partial charge on any atom is 0.192 e. The standard InChI is InChI=1S/C13H23NOSi/c1-13(2,3)16(4,5)15-10-11-8-6-7-9-12(11)14/h6-9H,10,14H2,1-5H3. The maximum absolute atomic E-state index is 6.12. The molecule has 1 rings (SSSR count). The lowest BCUT2D eigenvalue weighted by Gasteiger charge is -2.36. The Morgan fingerprint density at radius 2 is 1.75 bits per heavy atom. The van der Waals surface area contributed by atoms with Crippen molar-refractivity contribution in [1.82, 2.24) is 0 Å². The minimum atomic E-state index is -1.67. The van der Waals surface area contributed by atoms with E-state index < -0.39 is 8.32 Å². The van der Waals surface area contributed by atoms with Crippen LogP contribution < -0.4 is 5.73 Å². The fourth-order valence-corrected chi connectivity index (χ4v) is 2.09. The zero-order valence-corrected chi connectivity index (χ0v) is 12.0. The molecule has 16 heavy (non-hydrogen) atoms. The molecule has 1 aromatic carbocycles. The molecule has 0 heterocycles. The molecule has 1 aromatic rings. The second-order valence-corrected chi connectivity index (χ2v) is 10.6. The molecule has 0 unspecified atom stereocenters. The summed E-state index contributed by atoms with van der Waals surface area (Å²) < 4.78 is 6.12. The summed E-state index contributed by atoms with van der Waals surface area (Å²) in [4.78, 5) is 0. The number of benzene rings is 1. The molecule has 0 saturated heterocycles. The second-order valence-electron chi connectivity index (χ2n) is 5.75. The van der Waals surface area contributed by atoms with Crippen LogP contribution in [0.5, 0.6) is 0 Å². The smallest absolute Gasteiger partial charge is 0.192 e. The van der Waals surface area contributed by atoms with Gasteiger partial charge in [0.1, 0.15) is 0 Å². The highest BCUT2D eigenvalue weighted by Crippen LogP contribution is 2.37. The molecule has 0 spiro atoms. The summed E-state index contributed by atoms with van der Waals surface area (Å²) >= 11 is 0. The van der Waals surface area contributed by atoms with Gasteiger partial charge in [0.2, 0.25) is 0 Å². The Labute approximate surface area is 99.9 Å². The topological polar surface area (TPSA) is 35.2 Å². The van der Waals surface area contributed by atoms with Crippen molar-refractivity contribution < 1.29 is 4.43 Å². The minimum absolute atomic E-state index is 0.247. The average molecular weight is 237 g/mol. The van der Waals surface area contributed by atoms with E-state index in [-0.39, 0.29) is 5.04 Å². The Balaban J connectivity index is 2.69. The van der Waals surface area contributed by atoms with Gasteiger partial charge in [0, 0.05) is 5.69 Å². The summed E-state index contributed by atoms with van der Waals surface area (Å²) in [5.41, 5.74) is 7.81. The fourth-order valence-electron chi connectivity index (χ4n) is 1.14. The number of para-hydroxylation sites is 1. The van der Waals surface area contributed by atoms with Gasteiger partial charge in [0.05, 0.1) is 6.61 Å². The molecular weight excluding hydrogens is 214 g/mol. The average Bonchev–Trinajstić information content (AvgIpc) is 2.15. The van der Waals surface area contributed by atoms with Crippen molar-refractivity contribution in [3.63, 3.8) is 0 Å². The lowest BCUT2D eigenvalue weighted by Crippen LogP contribution is -2.40. The van der Waals surface area contributed by atoms with Crippen LogP contribution >= 0.6 is 0 Å². The monoisotopic (exact) mass is 237 g/mol. The summed E-state index contributed by atoms with van der Waals surface area (Å²) in [6.45, 7) is 11.9. The van der Waals surface area contributed by atoms with E-state index in [0.717, 1.165) is 11.3 Å². The summed E-state index contributed by atoms with van der Waals surface area (Å²) in [6.07, 6.45) is 0. The van der Waals surface area contributed by atoms with Gasteiger partial charge < -0.3 is 10.2 Å². The van der Waals surface area contributed by atoms with Gasteiger partial charge in [-0.15, -0.1) is 0 Å². The largest absolute Gasteiger partial charge is 0.412 e. The van der Waals surface area contributed by atoms with Gasteiger partial charge >= 0.3 is 0 Å². The van der Waals surface area contributed by atoms with Crippen LogP contribution in [0.15, 0.2) is 24.3 Å². The van der Waals surface area contributed by atoms with Crippen molar-refractivity contribution in [3.8, 4) is 0 Å². The van der Waals surface area contributed by atoms with Gasteiger partial charge in [0.25, 0.3) is 0 Å². The number of anilines is 1. The molecule has 0 aromatic heterocycles. The van der Waals surface area contributed by atoms with Crippen LogP contribution in [0, 0.1) is 0 Å². The molecule has 0 atom stereocenters. The third-order valence-corrected chi connectivity index (χ3v) is 7.93. The van der Waals surface area contributed by atoms with Crippen LogP contribution in [0.1, 0.15) is 26.3 Å². The second kappa shape index (κ2) is 4.59. The van der Waals surface area contributed by atoms with Gasteiger partial charge in [-0.2, -0.15) is 0 Å². The van der Waals surface area contributed by atoms with Crippen LogP contribution in [0.3, 0.4) is 0 Å². The lowest BCUT2D eigenvalue weighted by atomic mass is 10.2. The molecule has 90 valence electrons. The van der Waals surface area contributed by atoms with Gasteiger partial charge in [-0.1, -0.05) is 39.0 Å². The van der Waals surface area contributed by atoms with E-state index in [0.29, 0.717) is 6.61 Å². The highest BCUT2D eigenvalue weighted by molar-refractivity contribution is 6.74. The Morgan fingerprint density at radius 3 is 2.25 bits per heavy atom. The molecule has 0 amide bonds. The van der Waals surface area contributed by atoms with Crippen molar-refractivity contribution in [2.45, 2.75) is 45.5 Å². The van der Waals surface area contributed by atoms with E-state index in [4.69, 9.17) is 10.2 Å². The van der Waals surface area contributed by atoms with E-state index in [1.807, 2.05) is 24.3 Å². The number of hydrogen-bond acceptors (Lipinski definition) is 2. The van der Waals surface area contributed by atoms with Crippen molar-refractivity contribution in [3.05, 3.63) is 29.8 Å². The van der Waals surface area contributed by atoms with Crippen molar-refractivity contribution in [2.75, 3.05) is 5.73 Å². The molecular formula is C13H23NOSi. The normalized spacial score (nSPS) is 12.8. The first-order chi connectivity index (χ1) is 7.24. The Morgan fingerprint density at radius 1 is 1.19 bits per heavy atom. The van der Waals surface area contributed by atoms with Crippen LogP contribution in [0.2, 0.25) is 18.1 Å². The highest BCUT2D eigenvalue weighted by atomic mass is 28.4. The number of rotatable bonds is 3. The molecule has 0 bridgehead atoms. The van der Waals surface area contributed by atoms with E-state index in [1.165, 1.54) is 0 Å². The Kier molecular flexibility index (Phi) is 3.81. The SMILES string of the molecule is CC(C)(C)[Si](C)(C)OCc1ccccc1N. The zero-order valence-electron chi connectivity index (χ0n) is 11.0. The van der Waals surface area contributed by atoms with Crippen LogP contribution in [0.4, 0.5) is 5.69 Å². The van der Waals surface area contributed by atoms with Crippen LogP contribution in [-0.2, 0) is 11.0 Å². The fraction of sp³-hybridized carbons (Fsp3) is 0.538. The quantitative estimate of drug-likeness (QED) is 0.641. The first-order valence-corrected chi connectivity index (χ1v) is 8.62. The molecule has 2 nitrogen and oxygen atoms in total. The van der Waals surface area contributed by atoms with Gasteiger partial charge in [0.15, 0.2) is 8.32 Å². The summed E-state index contributed by atoms with van der Waals surface area (Å²) in [5.74, 6) is 0. The van der Waals surface area contributed by atoms with Gasteiger partial charge in [-0.05, 0) is 29.8 Å². The highest BCUT2D eigenvalue weighted by Gasteiger charge is 2.37. The Hall–Kier alpha value is -0.803. The van der Waals surface area contributed by atoms with E-state index >= 15 is 0 Å². The van der Waals surface area contributed by atoms with Crippen LogP contribution in [-0.4, -0.2) is 8.32 Å². The summed E-state index contributed by atoms with van der Waals surface area (Å²) in [7, 11) is -1.67. The summed E-state index contributed by atoms with van der Waals surface area (Å²) in [5, 5.41) is 0.247. The van der Waals surface area contributed by atoms with Gasteiger partial charge in [-0.25, -0.2) is 0 Å². The summed E-state index contributed by atoms with van der Waals surface area (Å²) in [6, 6.07) is 7.90. The molecule has 0 radical (unpaired) electrons.